The Morgan fingerprint density at radius 2 is 1.88 bits per heavy atom. The lowest BCUT2D eigenvalue weighted by Gasteiger charge is -2.31. The van der Waals surface area contributed by atoms with Crippen molar-refractivity contribution in [3.05, 3.63) is 41.5 Å². The van der Waals surface area contributed by atoms with Crippen molar-refractivity contribution < 1.29 is 14.6 Å². The molecule has 0 amide bonds. The van der Waals surface area contributed by atoms with Gasteiger partial charge in [0.25, 0.3) is 0 Å². The van der Waals surface area contributed by atoms with Gasteiger partial charge in [0.1, 0.15) is 0 Å². The lowest BCUT2D eigenvalue weighted by molar-refractivity contribution is -0.0643. The van der Waals surface area contributed by atoms with Gasteiger partial charge < -0.3 is 19.5 Å². The summed E-state index contributed by atoms with van der Waals surface area (Å²) in [4.78, 5) is 2.35. The van der Waals surface area contributed by atoms with Crippen molar-refractivity contribution in [3.8, 4) is 0 Å². The van der Waals surface area contributed by atoms with Gasteiger partial charge in [-0.05, 0) is 31.2 Å². The van der Waals surface area contributed by atoms with E-state index in [1.807, 2.05) is 0 Å². The quantitative estimate of drug-likeness (QED) is 0.870. The van der Waals surface area contributed by atoms with Crippen molar-refractivity contribution in [2.75, 3.05) is 39.5 Å². The fraction of sp³-hybridized carbons (Fsp3) is 0.600. The molecule has 3 rings (SSSR count). The van der Waals surface area contributed by atoms with Crippen LogP contribution in [0.4, 0.5) is 0 Å². The average Bonchev–Trinajstić information content (AvgIpc) is 2.63. The lowest BCUT2D eigenvalue weighted by Crippen LogP contribution is -2.39. The number of likely N-dealkylation sites (tertiary alicyclic amines) is 1. The van der Waals surface area contributed by atoms with Crippen LogP contribution in [0.1, 0.15) is 31.2 Å². The van der Waals surface area contributed by atoms with Crippen molar-refractivity contribution in [2.24, 2.45) is 0 Å². The molecule has 0 bridgehead atoms. The van der Waals surface area contributed by atoms with E-state index in [2.05, 4.69) is 41.3 Å². The molecule has 1 atom stereocenters. The first-order chi connectivity index (χ1) is 11.8. The zero-order valence-corrected chi connectivity index (χ0v) is 14.4. The third-order valence-corrected chi connectivity index (χ3v) is 4.83. The minimum absolute atomic E-state index is 0.259. The van der Waals surface area contributed by atoms with Crippen LogP contribution in [0.15, 0.2) is 35.9 Å². The number of benzene rings is 1. The van der Waals surface area contributed by atoms with E-state index < -0.39 is 6.10 Å². The molecule has 1 N–H and O–H groups in total. The van der Waals surface area contributed by atoms with Gasteiger partial charge in [0.05, 0.1) is 18.8 Å². The number of aliphatic hydroxyl groups is 1. The zero-order chi connectivity index (χ0) is 16.6. The van der Waals surface area contributed by atoms with Crippen LogP contribution in [0.3, 0.4) is 0 Å². The molecule has 4 heteroatoms. The van der Waals surface area contributed by atoms with Gasteiger partial charge in [-0.25, -0.2) is 0 Å². The Kier molecular flexibility index (Phi) is 6.85. The van der Waals surface area contributed by atoms with Crippen LogP contribution in [0.25, 0.3) is 6.08 Å². The zero-order valence-electron chi connectivity index (χ0n) is 14.4. The first-order valence-electron chi connectivity index (χ1n) is 9.14. The molecule has 132 valence electrons. The molecule has 2 heterocycles. The summed E-state index contributed by atoms with van der Waals surface area (Å²) in [7, 11) is 0. The Morgan fingerprint density at radius 1 is 1.17 bits per heavy atom. The van der Waals surface area contributed by atoms with Crippen LogP contribution in [0.2, 0.25) is 0 Å². The molecule has 4 nitrogen and oxygen atoms in total. The van der Waals surface area contributed by atoms with E-state index in [0.29, 0.717) is 13.2 Å². The molecule has 0 radical (unpaired) electrons. The third-order valence-electron chi connectivity index (χ3n) is 4.83. The molecule has 0 aliphatic carbocycles. The molecular weight excluding hydrogens is 302 g/mol. The van der Waals surface area contributed by atoms with Crippen LogP contribution >= 0.6 is 0 Å². The summed E-state index contributed by atoms with van der Waals surface area (Å²) in [5.41, 5.74) is 2.79. The van der Waals surface area contributed by atoms with Crippen LogP contribution in [0, 0.1) is 0 Å². The van der Waals surface area contributed by atoms with E-state index in [1.165, 1.54) is 11.1 Å². The van der Waals surface area contributed by atoms with E-state index in [0.717, 1.165) is 52.0 Å². The second-order valence-corrected chi connectivity index (χ2v) is 6.81. The second kappa shape index (κ2) is 9.33. The van der Waals surface area contributed by atoms with Gasteiger partial charge in [-0.1, -0.05) is 42.0 Å². The smallest absolute Gasteiger partial charge is 0.0900 e. The summed E-state index contributed by atoms with van der Waals surface area (Å²) in [6.45, 7) is 4.75. The normalized spacial score (nSPS) is 21.6. The number of nitrogens with zero attached hydrogens (tertiary/aromatic N) is 1. The average molecular weight is 331 g/mol. The first-order valence-corrected chi connectivity index (χ1v) is 9.14. The Labute approximate surface area is 145 Å². The van der Waals surface area contributed by atoms with E-state index >= 15 is 0 Å². The largest absolute Gasteiger partial charge is 0.389 e. The molecule has 2 aliphatic rings. The van der Waals surface area contributed by atoms with E-state index in [9.17, 15) is 5.11 Å². The molecule has 2 fully saturated rings. The maximum Gasteiger partial charge on any atom is 0.0900 e. The third kappa shape index (κ3) is 5.71. The molecule has 1 aromatic carbocycles. The minimum atomic E-state index is -0.396. The fourth-order valence-corrected chi connectivity index (χ4v) is 3.39. The molecule has 1 aromatic rings. The van der Waals surface area contributed by atoms with E-state index in [4.69, 9.17) is 9.47 Å². The Bertz CT molecular complexity index is 501. The number of rotatable bonds is 6. The number of β-amino-alcohol motifs (C(OH)–C–C–N with tert-alkyl or cyclic N) is 1. The van der Waals surface area contributed by atoms with Crippen LogP contribution in [-0.4, -0.2) is 61.7 Å². The van der Waals surface area contributed by atoms with Crippen LogP contribution < -0.4 is 0 Å². The van der Waals surface area contributed by atoms with Gasteiger partial charge >= 0.3 is 0 Å². The van der Waals surface area contributed by atoms with Crippen molar-refractivity contribution in [3.63, 3.8) is 0 Å². The molecule has 1 unspecified atom stereocenters. The highest BCUT2D eigenvalue weighted by atomic mass is 16.5. The summed E-state index contributed by atoms with van der Waals surface area (Å²) in [6.07, 6.45) is 6.24. The van der Waals surface area contributed by atoms with Crippen molar-refractivity contribution in [2.45, 2.75) is 37.9 Å². The lowest BCUT2D eigenvalue weighted by atomic mass is 10.0. The van der Waals surface area contributed by atoms with Gasteiger partial charge in [0.15, 0.2) is 0 Å². The van der Waals surface area contributed by atoms with E-state index in [1.54, 1.807) is 0 Å². The fourth-order valence-electron chi connectivity index (χ4n) is 3.39. The highest BCUT2D eigenvalue weighted by Crippen LogP contribution is 2.19. The highest BCUT2D eigenvalue weighted by Gasteiger charge is 2.19. The van der Waals surface area contributed by atoms with Gasteiger partial charge in [-0.15, -0.1) is 0 Å². The van der Waals surface area contributed by atoms with Crippen molar-refractivity contribution in [1.29, 1.82) is 0 Å². The standard InChI is InChI=1S/C20H29NO3/c22-19(16-24-20-8-12-23-13-9-20)15-21-10-6-18(7-11-21)14-17-4-2-1-3-5-17/h1-5,14,19-20,22H,6-13,15-16H2. The summed E-state index contributed by atoms with van der Waals surface area (Å²) >= 11 is 0. The highest BCUT2D eigenvalue weighted by molar-refractivity contribution is 5.52. The molecule has 0 aromatic heterocycles. The Hall–Kier alpha value is -1.20. The molecule has 2 saturated heterocycles. The second-order valence-electron chi connectivity index (χ2n) is 6.81. The number of piperidine rings is 1. The predicted octanol–water partition coefficient (Wildman–Crippen LogP) is 2.72. The van der Waals surface area contributed by atoms with Gasteiger partial charge in [-0.2, -0.15) is 0 Å². The van der Waals surface area contributed by atoms with Crippen molar-refractivity contribution in [1.82, 2.24) is 4.90 Å². The summed E-state index contributed by atoms with van der Waals surface area (Å²) in [6, 6.07) is 10.5. The van der Waals surface area contributed by atoms with Crippen LogP contribution in [-0.2, 0) is 9.47 Å². The molecule has 0 saturated carbocycles. The number of ether oxygens (including phenoxy) is 2. The number of aliphatic hydroxyl groups excluding tert-OH is 1. The van der Waals surface area contributed by atoms with Crippen LogP contribution in [0.5, 0.6) is 0 Å². The Morgan fingerprint density at radius 3 is 2.58 bits per heavy atom. The first kappa shape index (κ1) is 17.6. The molecule has 2 aliphatic heterocycles. The maximum atomic E-state index is 10.2. The number of hydrogen-bond acceptors (Lipinski definition) is 4. The van der Waals surface area contributed by atoms with Gasteiger partial charge in [0.2, 0.25) is 0 Å². The summed E-state index contributed by atoms with van der Waals surface area (Å²) in [5.74, 6) is 0. The summed E-state index contributed by atoms with van der Waals surface area (Å²) < 4.78 is 11.1. The summed E-state index contributed by atoms with van der Waals surface area (Å²) in [5, 5.41) is 10.2. The van der Waals surface area contributed by atoms with Crippen molar-refractivity contribution >= 4 is 6.08 Å². The minimum Gasteiger partial charge on any atom is -0.389 e. The van der Waals surface area contributed by atoms with E-state index in [-0.39, 0.29) is 6.10 Å². The SMILES string of the molecule is OC(COC1CCOCC1)CN1CCC(=Cc2ccccc2)CC1. The van der Waals surface area contributed by atoms with Gasteiger partial charge in [0, 0.05) is 32.8 Å². The topological polar surface area (TPSA) is 41.9 Å². The maximum absolute atomic E-state index is 10.2. The molecule has 0 spiro atoms. The predicted molar refractivity (Wildman–Crippen MR) is 95.9 cm³/mol. The number of hydrogen-bond donors (Lipinski definition) is 1. The molecule has 24 heavy (non-hydrogen) atoms. The molecular formula is C20H29NO3. The van der Waals surface area contributed by atoms with Gasteiger partial charge in [-0.3, -0.25) is 0 Å². The monoisotopic (exact) mass is 331 g/mol. The Balaban J connectivity index is 1.36.